The van der Waals surface area contributed by atoms with E-state index in [-0.39, 0.29) is 22.9 Å². The van der Waals surface area contributed by atoms with E-state index in [4.69, 9.17) is 4.43 Å². The molecule has 34 heavy (non-hydrogen) atoms. The smallest absolute Gasteiger partial charge is 0.261 e. The third-order valence-electron chi connectivity index (χ3n) is 6.85. The second-order valence-electron chi connectivity index (χ2n) is 10.2. The van der Waals surface area contributed by atoms with E-state index in [1.54, 1.807) is 6.08 Å². The normalized spacial score (nSPS) is 19.0. The molecule has 0 spiro atoms. The standard InChI is InChI=1S/C30H36FNOSi/c1-30(2,3)34(26-15-9-5-10-16-26,27-17-11-6-12-18-27)33-23-25-20-21-28(31)29(32-25)22-19-24-13-7-4-8-14-24/h4-18,21,25,29,32H,19-20,22-23H2,1-3H3. The van der Waals surface area contributed by atoms with Crippen molar-refractivity contribution >= 4 is 18.7 Å². The molecule has 1 heterocycles. The molecule has 0 saturated heterocycles. The van der Waals surface area contributed by atoms with E-state index in [0.29, 0.717) is 13.0 Å². The first-order valence-corrected chi connectivity index (χ1v) is 14.2. The van der Waals surface area contributed by atoms with Crippen molar-refractivity contribution in [2.75, 3.05) is 6.61 Å². The number of halogens is 1. The molecule has 2 atom stereocenters. The topological polar surface area (TPSA) is 21.3 Å². The van der Waals surface area contributed by atoms with E-state index in [1.165, 1.54) is 15.9 Å². The summed E-state index contributed by atoms with van der Waals surface area (Å²) in [7, 11) is -2.60. The van der Waals surface area contributed by atoms with Crippen LogP contribution in [0.15, 0.2) is 103 Å². The van der Waals surface area contributed by atoms with Crippen LogP contribution in [0.4, 0.5) is 4.39 Å². The van der Waals surface area contributed by atoms with Gasteiger partial charge in [-0.2, -0.15) is 0 Å². The molecule has 0 bridgehead atoms. The van der Waals surface area contributed by atoms with Crippen molar-refractivity contribution in [3.05, 3.63) is 108 Å². The fourth-order valence-corrected chi connectivity index (χ4v) is 9.72. The van der Waals surface area contributed by atoms with Crippen LogP contribution in [0.25, 0.3) is 0 Å². The zero-order chi connectivity index (χ0) is 24.0. The molecule has 1 aliphatic rings. The first-order valence-electron chi connectivity index (χ1n) is 12.3. The predicted octanol–water partition coefficient (Wildman–Crippen LogP) is 5.78. The Hall–Kier alpha value is -2.53. The first kappa shape index (κ1) is 24.6. The van der Waals surface area contributed by atoms with Crippen molar-refractivity contribution in [2.24, 2.45) is 0 Å². The van der Waals surface area contributed by atoms with Crippen molar-refractivity contribution in [3.8, 4) is 0 Å². The molecule has 2 nitrogen and oxygen atoms in total. The van der Waals surface area contributed by atoms with Gasteiger partial charge in [0.1, 0.15) is 5.83 Å². The van der Waals surface area contributed by atoms with Crippen LogP contribution in [0.3, 0.4) is 0 Å². The number of nitrogens with one attached hydrogen (secondary N) is 1. The lowest BCUT2D eigenvalue weighted by molar-refractivity contribution is 0.228. The van der Waals surface area contributed by atoms with Gasteiger partial charge in [-0.05, 0) is 46.3 Å². The Bertz CT molecular complexity index is 1020. The second-order valence-corrected chi connectivity index (χ2v) is 14.5. The molecule has 3 aromatic rings. The van der Waals surface area contributed by atoms with Crippen molar-refractivity contribution in [3.63, 3.8) is 0 Å². The van der Waals surface area contributed by atoms with Gasteiger partial charge in [-0.25, -0.2) is 4.39 Å². The fourth-order valence-electron chi connectivity index (χ4n) is 5.11. The number of rotatable bonds is 8. The van der Waals surface area contributed by atoms with Crippen LogP contribution in [0.1, 0.15) is 39.2 Å². The summed E-state index contributed by atoms with van der Waals surface area (Å²) in [6.07, 6.45) is 3.99. The van der Waals surface area contributed by atoms with Gasteiger partial charge in [-0.15, -0.1) is 0 Å². The van der Waals surface area contributed by atoms with Crippen molar-refractivity contribution in [1.82, 2.24) is 5.32 Å². The summed E-state index contributed by atoms with van der Waals surface area (Å²) >= 11 is 0. The van der Waals surface area contributed by atoms with E-state index < -0.39 is 8.32 Å². The minimum atomic E-state index is -2.60. The molecule has 0 aliphatic carbocycles. The molecule has 0 saturated carbocycles. The van der Waals surface area contributed by atoms with Gasteiger partial charge in [0.05, 0.1) is 12.6 Å². The van der Waals surface area contributed by atoms with Crippen molar-refractivity contribution in [2.45, 2.75) is 57.2 Å². The van der Waals surface area contributed by atoms with Crippen LogP contribution in [0.5, 0.6) is 0 Å². The minimum absolute atomic E-state index is 0.0439. The van der Waals surface area contributed by atoms with Crippen LogP contribution < -0.4 is 15.7 Å². The lowest BCUT2D eigenvalue weighted by Gasteiger charge is -2.44. The molecule has 0 radical (unpaired) electrons. The predicted molar refractivity (Wildman–Crippen MR) is 143 cm³/mol. The monoisotopic (exact) mass is 473 g/mol. The number of benzene rings is 3. The molecule has 0 fully saturated rings. The highest BCUT2D eigenvalue weighted by atomic mass is 28.4. The Balaban J connectivity index is 1.55. The molecule has 4 rings (SSSR count). The molecule has 0 amide bonds. The summed E-state index contributed by atoms with van der Waals surface area (Å²) in [6, 6.07) is 31.5. The Morgan fingerprint density at radius 1 is 0.853 bits per heavy atom. The Morgan fingerprint density at radius 2 is 1.38 bits per heavy atom. The Labute approximate surface area is 205 Å². The molecule has 4 heteroatoms. The summed E-state index contributed by atoms with van der Waals surface area (Å²) in [6.45, 7) is 7.42. The lowest BCUT2D eigenvalue weighted by atomic mass is 9.99. The highest BCUT2D eigenvalue weighted by Gasteiger charge is 2.50. The van der Waals surface area contributed by atoms with Crippen LogP contribution in [0, 0.1) is 0 Å². The van der Waals surface area contributed by atoms with Gasteiger partial charge in [0, 0.05) is 6.04 Å². The molecule has 0 aromatic heterocycles. The van der Waals surface area contributed by atoms with Gasteiger partial charge in [-0.3, -0.25) is 0 Å². The van der Waals surface area contributed by atoms with Crippen molar-refractivity contribution < 1.29 is 8.82 Å². The molecule has 3 aromatic carbocycles. The lowest BCUT2D eigenvalue weighted by Crippen LogP contribution is -2.67. The highest BCUT2D eigenvalue weighted by Crippen LogP contribution is 2.37. The Kier molecular flexibility index (Phi) is 7.82. The second kappa shape index (κ2) is 10.8. The first-order chi connectivity index (χ1) is 16.4. The fraction of sp³-hybridized carbons (Fsp3) is 0.333. The van der Waals surface area contributed by atoms with Crippen molar-refractivity contribution in [1.29, 1.82) is 0 Å². The maximum Gasteiger partial charge on any atom is 0.261 e. The van der Waals surface area contributed by atoms with Gasteiger partial charge in [0.25, 0.3) is 8.32 Å². The molecular weight excluding hydrogens is 437 g/mol. The molecule has 2 unspecified atom stereocenters. The number of hydrogen-bond donors (Lipinski definition) is 1. The van der Waals surface area contributed by atoms with Gasteiger partial charge < -0.3 is 9.74 Å². The molecule has 178 valence electrons. The van der Waals surface area contributed by atoms with Crippen LogP contribution in [0.2, 0.25) is 5.04 Å². The largest absolute Gasteiger partial charge is 0.406 e. The zero-order valence-electron chi connectivity index (χ0n) is 20.5. The van der Waals surface area contributed by atoms with E-state index >= 15 is 0 Å². The third-order valence-corrected chi connectivity index (χ3v) is 11.9. The van der Waals surface area contributed by atoms with Crippen LogP contribution >= 0.6 is 0 Å². The minimum Gasteiger partial charge on any atom is -0.406 e. The molecule has 1 N–H and O–H groups in total. The van der Waals surface area contributed by atoms with E-state index in [0.717, 1.165) is 12.8 Å². The number of aryl methyl sites for hydroxylation is 1. The summed E-state index contributed by atoms with van der Waals surface area (Å²) in [5, 5.41) is 6.02. The van der Waals surface area contributed by atoms with Gasteiger partial charge in [0.15, 0.2) is 0 Å². The maximum atomic E-state index is 14.7. The van der Waals surface area contributed by atoms with E-state index in [2.05, 4.69) is 98.9 Å². The quantitative estimate of drug-likeness (QED) is 0.419. The Morgan fingerprint density at radius 3 is 1.91 bits per heavy atom. The highest BCUT2D eigenvalue weighted by molar-refractivity contribution is 6.99. The van der Waals surface area contributed by atoms with Gasteiger partial charge >= 0.3 is 0 Å². The molecule has 1 aliphatic heterocycles. The average molecular weight is 474 g/mol. The van der Waals surface area contributed by atoms with Gasteiger partial charge in [0.2, 0.25) is 0 Å². The average Bonchev–Trinajstić information content (AvgIpc) is 2.85. The third kappa shape index (κ3) is 5.41. The van der Waals surface area contributed by atoms with Crippen LogP contribution in [-0.4, -0.2) is 27.0 Å². The SMILES string of the molecule is CC(C)(C)[Si](OCC1CC=C(F)C(CCc2ccccc2)N1)(c1ccccc1)c1ccccc1. The van der Waals surface area contributed by atoms with Crippen LogP contribution in [-0.2, 0) is 10.8 Å². The summed E-state index contributed by atoms with van der Waals surface area (Å²) in [4.78, 5) is 0. The summed E-state index contributed by atoms with van der Waals surface area (Å²) in [5.41, 5.74) is 1.24. The maximum absolute atomic E-state index is 14.7. The zero-order valence-corrected chi connectivity index (χ0v) is 21.5. The summed E-state index contributed by atoms with van der Waals surface area (Å²) < 4.78 is 21.8. The molecular formula is C30H36FNOSi. The summed E-state index contributed by atoms with van der Waals surface area (Å²) in [5.74, 6) is -0.0439. The van der Waals surface area contributed by atoms with Gasteiger partial charge in [-0.1, -0.05) is 112 Å². The number of hydrogen-bond acceptors (Lipinski definition) is 2. The van der Waals surface area contributed by atoms with E-state index in [9.17, 15) is 4.39 Å². The van der Waals surface area contributed by atoms with E-state index in [1.807, 2.05) is 18.2 Å².